The zero-order valence-electron chi connectivity index (χ0n) is 14.6. The van der Waals surface area contributed by atoms with E-state index in [1.807, 2.05) is 56.9 Å². The minimum atomic E-state index is -0.0235. The van der Waals surface area contributed by atoms with Gasteiger partial charge < -0.3 is 10.6 Å². The lowest BCUT2D eigenvalue weighted by molar-refractivity contribution is 0.0942. The Morgan fingerprint density at radius 1 is 1.35 bits per heavy atom. The van der Waals surface area contributed by atoms with Crippen LogP contribution in [0.4, 0.5) is 5.69 Å². The van der Waals surface area contributed by atoms with Crippen LogP contribution in [0.5, 0.6) is 0 Å². The molecule has 0 saturated heterocycles. The fraction of sp³-hybridized carbons (Fsp3) is 0.444. The van der Waals surface area contributed by atoms with Crippen LogP contribution in [0.25, 0.3) is 0 Å². The van der Waals surface area contributed by atoms with Crippen LogP contribution in [-0.4, -0.2) is 21.7 Å². The van der Waals surface area contributed by atoms with E-state index in [4.69, 9.17) is 0 Å². The Morgan fingerprint density at radius 2 is 2.09 bits per heavy atom. The fourth-order valence-corrected chi connectivity index (χ4v) is 2.59. The number of carbonyl (C=O) groups excluding carboxylic acids is 1. The number of aryl methyl sites for hydroxylation is 3. The largest absolute Gasteiger partial charge is 0.381 e. The van der Waals surface area contributed by atoms with Crippen molar-refractivity contribution in [1.29, 1.82) is 0 Å². The van der Waals surface area contributed by atoms with Gasteiger partial charge in [0.25, 0.3) is 5.91 Å². The van der Waals surface area contributed by atoms with E-state index in [-0.39, 0.29) is 11.9 Å². The van der Waals surface area contributed by atoms with Crippen molar-refractivity contribution in [2.24, 2.45) is 7.05 Å². The summed E-state index contributed by atoms with van der Waals surface area (Å²) in [5, 5.41) is 10.8. The number of nitrogens with zero attached hydrogens (tertiary/aromatic N) is 2. The minimum Gasteiger partial charge on any atom is -0.381 e. The maximum absolute atomic E-state index is 12.1. The van der Waals surface area contributed by atoms with Crippen LogP contribution in [0.3, 0.4) is 0 Å². The number of rotatable bonds is 6. The molecule has 0 bridgehead atoms. The molecule has 1 amide bonds. The van der Waals surface area contributed by atoms with Crippen molar-refractivity contribution in [1.82, 2.24) is 15.1 Å². The molecule has 5 nitrogen and oxygen atoms in total. The second-order valence-electron chi connectivity index (χ2n) is 6.14. The van der Waals surface area contributed by atoms with Gasteiger partial charge in [0.05, 0.1) is 5.69 Å². The third-order valence-electron chi connectivity index (χ3n) is 3.70. The van der Waals surface area contributed by atoms with E-state index in [9.17, 15) is 4.79 Å². The standard InChI is InChI=1S/C18H26N4O/c1-6-17-14(11-22(5)21-17)10-19-15-7-8-16(13(4)9-15)18(23)20-12(2)3/h7-9,11-12,19H,6,10H2,1-5H3,(H,20,23). The van der Waals surface area contributed by atoms with Crippen LogP contribution in [0.1, 0.15) is 48.0 Å². The quantitative estimate of drug-likeness (QED) is 0.861. The topological polar surface area (TPSA) is 59.0 Å². The molecule has 1 aromatic carbocycles. The first-order valence-corrected chi connectivity index (χ1v) is 8.07. The first kappa shape index (κ1) is 17.1. The van der Waals surface area contributed by atoms with E-state index in [0.717, 1.165) is 35.5 Å². The Balaban J connectivity index is 2.07. The molecule has 2 rings (SSSR count). The molecule has 0 saturated carbocycles. The molecule has 0 fully saturated rings. The molecule has 0 atom stereocenters. The molecule has 0 unspecified atom stereocenters. The Morgan fingerprint density at radius 3 is 2.70 bits per heavy atom. The lowest BCUT2D eigenvalue weighted by Gasteiger charge is -2.12. The lowest BCUT2D eigenvalue weighted by Crippen LogP contribution is -2.30. The smallest absolute Gasteiger partial charge is 0.251 e. The van der Waals surface area contributed by atoms with Crippen molar-refractivity contribution in [3.8, 4) is 0 Å². The second kappa shape index (κ2) is 7.31. The third kappa shape index (κ3) is 4.34. The van der Waals surface area contributed by atoms with Gasteiger partial charge in [-0.3, -0.25) is 9.48 Å². The maximum atomic E-state index is 12.1. The number of amides is 1. The fourth-order valence-electron chi connectivity index (χ4n) is 2.59. The summed E-state index contributed by atoms with van der Waals surface area (Å²) in [4.78, 5) is 12.1. The van der Waals surface area contributed by atoms with E-state index in [0.29, 0.717) is 0 Å². The van der Waals surface area contributed by atoms with Gasteiger partial charge in [0.15, 0.2) is 0 Å². The third-order valence-corrected chi connectivity index (χ3v) is 3.70. The average molecular weight is 314 g/mol. The normalized spacial score (nSPS) is 10.9. The van der Waals surface area contributed by atoms with Gasteiger partial charge in [-0.25, -0.2) is 0 Å². The molecule has 1 aromatic heterocycles. The predicted octanol–water partition coefficient (Wildman–Crippen LogP) is 3.04. The number of carbonyl (C=O) groups is 1. The highest BCUT2D eigenvalue weighted by molar-refractivity contribution is 5.96. The van der Waals surface area contributed by atoms with Gasteiger partial charge in [-0.15, -0.1) is 0 Å². The van der Waals surface area contributed by atoms with Crippen LogP contribution < -0.4 is 10.6 Å². The summed E-state index contributed by atoms with van der Waals surface area (Å²) in [6.07, 6.45) is 2.97. The molecule has 23 heavy (non-hydrogen) atoms. The van der Waals surface area contributed by atoms with Crippen molar-refractivity contribution in [3.05, 3.63) is 46.8 Å². The molecular formula is C18H26N4O. The Labute approximate surface area is 138 Å². The second-order valence-corrected chi connectivity index (χ2v) is 6.14. The first-order chi connectivity index (χ1) is 10.9. The summed E-state index contributed by atoms with van der Waals surface area (Å²) in [5.74, 6) is -0.0235. The molecule has 0 aliphatic carbocycles. The molecule has 1 heterocycles. The van der Waals surface area contributed by atoms with Crippen LogP contribution in [0.15, 0.2) is 24.4 Å². The molecule has 5 heteroatoms. The average Bonchev–Trinajstić information content (AvgIpc) is 2.84. The molecule has 2 N–H and O–H groups in total. The van der Waals surface area contributed by atoms with Gasteiger partial charge in [0, 0.05) is 42.6 Å². The zero-order valence-corrected chi connectivity index (χ0v) is 14.6. The van der Waals surface area contributed by atoms with Gasteiger partial charge >= 0.3 is 0 Å². The van der Waals surface area contributed by atoms with Crippen LogP contribution in [0, 0.1) is 6.92 Å². The van der Waals surface area contributed by atoms with Crippen molar-refractivity contribution in [3.63, 3.8) is 0 Å². The van der Waals surface area contributed by atoms with Gasteiger partial charge in [-0.1, -0.05) is 6.92 Å². The monoisotopic (exact) mass is 314 g/mol. The summed E-state index contributed by atoms with van der Waals surface area (Å²) in [5.41, 5.74) is 5.02. The maximum Gasteiger partial charge on any atom is 0.251 e. The number of aromatic nitrogens is 2. The minimum absolute atomic E-state index is 0.0235. The Hall–Kier alpha value is -2.30. The van der Waals surface area contributed by atoms with Gasteiger partial charge in [-0.2, -0.15) is 5.10 Å². The summed E-state index contributed by atoms with van der Waals surface area (Å²) >= 11 is 0. The van der Waals surface area contributed by atoms with E-state index in [1.165, 1.54) is 5.56 Å². The summed E-state index contributed by atoms with van der Waals surface area (Å²) < 4.78 is 1.85. The van der Waals surface area contributed by atoms with Crippen molar-refractivity contribution < 1.29 is 4.79 Å². The van der Waals surface area contributed by atoms with Gasteiger partial charge in [-0.05, 0) is 51.0 Å². The van der Waals surface area contributed by atoms with Crippen LogP contribution >= 0.6 is 0 Å². The highest BCUT2D eigenvalue weighted by Crippen LogP contribution is 2.17. The molecule has 0 aliphatic rings. The first-order valence-electron chi connectivity index (χ1n) is 8.07. The van der Waals surface area contributed by atoms with Gasteiger partial charge in [0.2, 0.25) is 0 Å². The molecule has 0 radical (unpaired) electrons. The Bertz CT molecular complexity index is 688. The van der Waals surface area contributed by atoms with Crippen LogP contribution in [-0.2, 0) is 20.0 Å². The number of anilines is 1. The van der Waals surface area contributed by atoms with E-state index in [1.54, 1.807) is 0 Å². The Kier molecular flexibility index (Phi) is 5.42. The SMILES string of the molecule is CCc1nn(C)cc1CNc1ccc(C(=O)NC(C)C)c(C)c1. The van der Waals surface area contributed by atoms with Crippen molar-refractivity contribution in [2.75, 3.05) is 5.32 Å². The van der Waals surface area contributed by atoms with Crippen molar-refractivity contribution >= 4 is 11.6 Å². The van der Waals surface area contributed by atoms with E-state index >= 15 is 0 Å². The van der Waals surface area contributed by atoms with E-state index in [2.05, 4.69) is 22.7 Å². The van der Waals surface area contributed by atoms with Gasteiger partial charge in [0.1, 0.15) is 0 Å². The highest BCUT2D eigenvalue weighted by Gasteiger charge is 2.11. The molecule has 2 aromatic rings. The number of hydrogen-bond donors (Lipinski definition) is 2. The summed E-state index contributed by atoms with van der Waals surface area (Å²) in [6.45, 7) is 8.72. The predicted molar refractivity (Wildman–Crippen MR) is 93.7 cm³/mol. The van der Waals surface area contributed by atoms with E-state index < -0.39 is 0 Å². The molecule has 0 spiro atoms. The van der Waals surface area contributed by atoms with Crippen molar-refractivity contribution in [2.45, 2.75) is 46.7 Å². The number of benzene rings is 1. The number of hydrogen-bond acceptors (Lipinski definition) is 3. The molecule has 0 aliphatic heterocycles. The lowest BCUT2D eigenvalue weighted by atomic mass is 10.1. The molecular weight excluding hydrogens is 288 g/mol. The summed E-state index contributed by atoms with van der Waals surface area (Å²) in [6, 6.07) is 5.97. The highest BCUT2D eigenvalue weighted by atomic mass is 16.1. The number of nitrogens with one attached hydrogen (secondary N) is 2. The molecule has 124 valence electrons. The van der Waals surface area contributed by atoms with Crippen LogP contribution in [0.2, 0.25) is 0 Å². The zero-order chi connectivity index (χ0) is 17.0. The summed E-state index contributed by atoms with van der Waals surface area (Å²) in [7, 11) is 1.94.